The van der Waals surface area contributed by atoms with Crippen molar-refractivity contribution in [1.29, 1.82) is 0 Å². The number of nitrogens with zero attached hydrogens (tertiary/aromatic N) is 4. The van der Waals surface area contributed by atoms with Gasteiger partial charge in [-0.3, -0.25) is 23.4 Å². The Labute approximate surface area is 200 Å². The van der Waals surface area contributed by atoms with E-state index in [2.05, 4.69) is 15.2 Å². The van der Waals surface area contributed by atoms with Crippen LogP contribution in [0.4, 0.5) is 5.69 Å². The van der Waals surface area contributed by atoms with Gasteiger partial charge < -0.3 is 10.1 Å². The zero-order valence-electron chi connectivity index (χ0n) is 19.6. The van der Waals surface area contributed by atoms with E-state index in [-0.39, 0.29) is 18.6 Å². The third-order valence-corrected chi connectivity index (χ3v) is 5.65. The zero-order valence-corrected chi connectivity index (χ0v) is 19.6. The number of ether oxygens (including phenoxy) is 1. The van der Waals surface area contributed by atoms with E-state index >= 15 is 0 Å². The van der Waals surface area contributed by atoms with Gasteiger partial charge in [0, 0.05) is 12.2 Å². The first kappa shape index (κ1) is 23.7. The number of hydrogen-bond acceptors (Lipinski definition) is 6. The normalized spacial score (nSPS) is 10.9. The number of benzene rings is 2. The molecule has 0 unspecified atom stereocenters. The summed E-state index contributed by atoms with van der Waals surface area (Å²) in [5.41, 5.74) is 1.63. The highest BCUT2D eigenvalue weighted by Crippen LogP contribution is 2.15. The number of esters is 1. The molecule has 4 rings (SSSR count). The lowest BCUT2D eigenvalue weighted by Crippen LogP contribution is -2.42. The fourth-order valence-corrected chi connectivity index (χ4v) is 4.00. The highest BCUT2D eigenvalue weighted by Gasteiger charge is 2.21. The van der Waals surface area contributed by atoms with E-state index in [1.165, 1.54) is 23.8 Å². The minimum atomic E-state index is -0.596. The van der Waals surface area contributed by atoms with E-state index in [1.807, 2.05) is 37.3 Å². The maximum atomic E-state index is 13.5. The Morgan fingerprint density at radius 3 is 2.29 bits per heavy atom. The Morgan fingerprint density at radius 1 is 0.971 bits per heavy atom. The fraction of sp³-hybridized carbons (Fsp3) is 0.240. The Hall–Kier alpha value is -4.47. The summed E-state index contributed by atoms with van der Waals surface area (Å²) in [5.74, 6) is -0.950. The van der Waals surface area contributed by atoms with Crippen LogP contribution >= 0.6 is 0 Å². The van der Waals surface area contributed by atoms with E-state index in [0.29, 0.717) is 29.0 Å². The van der Waals surface area contributed by atoms with Gasteiger partial charge in [0.1, 0.15) is 12.1 Å². The summed E-state index contributed by atoms with van der Waals surface area (Å²) in [5, 5.41) is 7.14. The van der Waals surface area contributed by atoms with Crippen molar-refractivity contribution in [1.82, 2.24) is 18.9 Å². The minimum Gasteiger partial charge on any atom is -0.465 e. The van der Waals surface area contributed by atoms with Gasteiger partial charge in [-0.1, -0.05) is 30.3 Å². The number of amides is 1. The van der Waals surface area contributed by atoms with Gasteiger partial charge in [0.05, 0.1) is 24.9 Å². The summed E-state index contributed by atoms with van der Waals surface area (Å²) in [6, 6.07) is 15.4. The molecule has 2 aromatic heterocycles. The third-order valence-electron chi connectivity index (χ3n) is 5.65. The predicted octanol–water partition coefficient (Wildman–Crippen LogP) is 2.16. The summed E-state index contributed by atoms with van der Waals surface area (Å²) in [6.07, 6.45) is 0. The second-order valence-electron chi connectivity index (χ2n) is 7.96. The van der Waals surface area contributed by atoms with Gasteiger partial charge in [0.25, 0.3) is 5.56 Å². The molecule has 0 fully saturated rings. The van der Waals surface area contributed by atoms with Crippen LogP contribution in [0.2, 0.25) is 0 Å². The van der Waals surface area contributed by atoms with Crippen LogP contribution in [0.25, 0.3) is 11.0 Å². The lowest BCUT2D eigenvalue weighted by Gasteiger charge is -2.13. The van der Waals surface area contributed by atoms with Crippen molar-refractivity contribution in [2.45, 2.75) is 33.5 Å². The summed E-state index contributed by atoms with van der Waals surface area (Å²) in [6.45, 7) is 3.74. The summed E-state index contributed by atoms with van der Waals surface area (Å²) in [4.78, 5) is 51.3. The smallest absolute Gasteiger partial charge is 0.337 e. The van der Waals surface area contributed by atoms with Crippen LogP contribution in [-0.4, -0.2) is 37.9 Å². The standard InChI is InChI=1S/C25H25N5O5/c1-4-30-22-21(16(2)27-30)28(25(34)29(23(22)32)14-17-8-6-5-7-9-17)15-20(31)26-19-12-10-18(11-13-19)24(33)35-3/h5-13H,4,14-15H2,1-3H3,(H,26,31). The SMILES string of the molecule is CCn1nc(C)c2c1c(=O)n(Cc1ccccc1)c(=O)n2CC(=O)Nc1ccc(C(=O)OC)cc1. The van der Waals surface area contributed by atoms with Crippen molar-refractivity contribution in [2.24, 2.45) is 0 Å². The Kier molecular flexibility index (Phi) is 6.63. The molecule has 2 heterocycles. The van der Waals surface area contributed by atoms with E-state index < -0.39 is 23.1 Å². The molecule has 2 aromatic carbocycles. The molecule has 10 heteroatoms. The van der Waals surface area contributed by atoms with Crippen molar-refractivity contribution < 1.29 is 14.3 Å². The minimum absolute atomic E-state index is 0.0685. The molecule has 0 aliphatic rings. The first-order valence-corrected chi connectivity index (χ1v) is 11.1. The van der Waals surface area contributed by atoms with Crippen molar-refractivity contribution in [3.63, 3.8) is 0 Å². The van der Waals surface area contributed by atoms with Crippen LogP contribution in [0.5, 0.6) is 0 Å². The van der Waals surface area contributed by atoms with E-state index in [0.717, 1.165) is 10.1 Å². The van der Waals surface area contributed by atoms with Gasteiger partial charge in [-0.2, -0.15) is 5.10 Å². The molecule has 0 bridgehead atoms. The first-order valence-electron chi connectivity index (χ1n) is 11.1. The summed E-state index contributed by atoms with van der Waals surface area (Å²) >= 11 is 0. The van der Waals surface area contributed by atoms with Gasteiger partial charge in [-0.25, -0.2) is 9.59 Å². The molecule has 0 atom stereocenters. The number of carbonyl (C=O) groups is 2. The van der Waals surface area contributed by atoms with Crippen molar-refractivity contribution in [2.75, 3.05) is 12.4 Å². The lowest BCUT2D eigenvalue weighted by atomic mass is 10.2. The number of nitrogens with one attached hydrogen (secondary N) is 1. The molecule has 35 heavy (non-hydrogen) atoms. The average Bonchev–Trinajstić information content (AvgIpc) is 3.21. The van der Waals surface area contributed by atoms with Gasteiger partial charge >= 0.3 is 11.7 Å². The van der Waals surface area contributed by atoms with Gasteiger partial charge in [-0.05, 0) is 43.7 Å². The summed E-state index contributed by atoms with van der Waals surface area (Å²) in [7, 11) is 1.29. The second-order valence-corrected chi connectivity index (χ2v) is 7.96. The molecule has 0 saturated carbocycles. The average molecular weight is 476 g/mol. The van der Waals surface area contributed by atoms with E-state index in [4.69, 9.17) is 0 Å². The predicted molar refractivity (Wildman–Crippen MR) is 131 cm³/mol. The molecule has 10 nitrogen and oxygen atoms in total. The van der Waals surface area contributed by atoms with E-state index in [1.54, 1.807) is 23.7 Å². The van der Waals surface area contributed by atoms with Gasteiger partial charge in [-0.15, -0.1) is 0 Å². The van der Waals surface area contributed by atoms with E-state index in [9.17, 15) is 19.2 Å². The monoisotopic (exact) mass is 475 g/mol. The molecule has 0 aliphatic heterocycles. The molecule has 0 spiro atoms. The van der Waals surface area contributed by atoms with Crippen molar-refractivity contribution >= 4 is 28.6 Å². The lowest BCUT2D eigenvalue weighted by molar-refractivity contribution is -0.116. The Bertz CT molecular complexity index is 1510. The molecule has 1 amide bonds. The first-order chi connectivity index (χ1) is 16.8. The quantitative estimate of drug-likeness (QED) is 0.410. The van der Waals surface area contributed by atoms with Crippen LogP contribution in [0.1, 0.15) is 28.5 Å². The van der Waals surface area contributed by atoms with Gasteiger partial charge in [0.15, 0.2) is 5.52 Å². The number of rotatable bonds is 7. The number of carbonyl (C=O) groups excluding carboxylic acids is 2. The third kappa shape index (κ3) is 4.63. The molecule has 1 N–H and O–H groups in total. The molecular formula is C25H25N5O5. The molecule has 0 saturated heterocycles. The molecule has 180 valence electrons. The number of anilines is 1. The second kappa shape index (κ2) is 9.80. The highest BCUT2D eigenvalue weighted by molar-refractivity contribution is 5.93. The highest BCUT2D eigenvalue weighted by atomic mass is 16.5. The molecular weight excluding hydrogens is 450 g/mol. The molecule has 4 aromatic rings. The molecule has 0 radical (unpaired) electrons. The number of aryl methyl sites for hydroxylation is 2. The molecule has 0 aliphatic carbocycles. The zero-order chi connectivity index (χ0) is 25.1. The van der Waals surface area contributed by atoms with Crippen LogP contribution in [0.15, 0.2) is 64.2 Å². The Balaban J connectivity index is 1.74. The number of aromatic nitrogens is 4. The van der Waals surface area contributed by atoms with Crippen LogP contribution < -0.4 is 16.6 Å². The largest absolute Gasteiger partial charge is 0.465 e. The Morgan fingerprint density at radius 2 is 1.66 bits per heavy atom. The number of methoxy groups -OCH3 is 1. The maximum Gasteiger partial charge on any atom is 0.337 e. The summed E-state index contributed by atoms with van der Waals surface area (Å²) < 4.78 is 8.64. The van der Waals surface area contributed by atoms with Gasteiger partial charge in [0.2, 0.25) is 5.91 Å². The van der Waals surface area contributed by atoms with Crippen LogP contribution in [-0.2, 0) is 29.2 Å². The van der Waals surface area contributed by atoms with Crippen molar-refractivity contribution in [3.05, 3.63) is 92.3 Å². The number of hydrogen-bond donors (Lipinski definition) is 1. The van der Waals surface area contributed by atoms with Crippen LogP contribution in [0.3, 0.4) is 0 Å². The van der Waals surface area contributed by atoms with Crippen LogP contribution in [0, 0.1) is 6.92 Å². The number of fused-ring (bicyclic) bond motifs is 1. The maximum absolute atomic E-state index is 13.5. The topological polar surface area (TPSA) is 117 Å². The van der Waals surface area contributed by atoms with Crippen molar-refractivity contribution in [3.8, 4) is 0 Å². The fourth-order valence-electron chi connectivity index (χ4n) is 4.00.